The summed E-state index contributed by atoms with van der Waals surface area (Å²) in [6, 6.07) is 1.88. The number of likely N-dealkylation sites (tertiary alicyclic amines) is 1. The van der Waals surface area contributed by atoms with Crippen LogP contribution in [0.3, 0.4) is 0 Å². The van der Waals surface area contributed by atoms with E-state index in [0.717, 1.165) is 25.2 Å². The number of carbonyl (C=O) groups is 2. The second kappa shape index (κ2) is 6.78. The summed E-state index contributed by atoms with van der Waals surface area (Å²) in [5.41, 5.74) is 0.802. The van der Waals surface area contributed by atoms with E-state index in [1.54, 1.807) is 4.68 Å². The maximum absolute atomic E-state index is 12.4. The van der Waals surface area contributed by atoms with Gasteiger partial charge in [0.2, 0.25) is 11.8 Å². The molecule has 0 radical (unpaired) electrons. The maximum atomic E-state index is 12.4. The minimum atomic E-state index is 0.00208. The van der Waals surface area contributed by atoms with Crippen LogP contribution in [0.25, 0.3) is 0 Å². The molecular weight excluding hydrogens is 320 g/mol. The van der Waals surface area contributed by atoms with Crippen molar-refractivity contribution in [3.63, 3.8) is 0 Å². The highest BCUT2D eigenvalue weighted by Crippen LogP contribution is 2.34. The number of ether oxygens (including phenoxy) is 1. The summed E-state index contributed by atoms with van der Waals surface area (Å²) in [5.74, 6) is 1.26. The van der Waals surface area contributed by atoms with Crippen LogP contribution in [0.2, 0.25) is 0 Å². The first-order valence-electron chi connectivity index (χ1n) is 9.25. The average Bonchev–Trinajstić information content (AvgIpc) is 3.00. The monoisotopic (exact) mass is 346 g/mol. The number of hydrogen-bond donors (Lipinski definition) is 1. The lowest BCUT2D eigenvalue weighted by Gasteiger charge is -2.19. The Morgan fingerprint density at radius 2 is 2.20 bits per heavy atom. The third-order valence-corrected chi connectivity index (χ3v) is 5.47. The van der Waals surface area contributed by atoms with Crippen LogP contribution < -0.4 is 5.32 Å². The number of fused-ring (bicyclic) bond motifs is 1. The fourth-order valence-electron chi connectivity index (χ4n) is 3.88. The molecule has 1 aliphatic carbocycles. The Morgan fingerprint density at radius 1 is 1.36 bits per heavy atom. The highest BCUT2D eigenvalue weighted by atomic mass is 16.5. The lowest BCUT2D eigenvalue weighted by Crippen LogP contribution is -2.34. The van der Waals surface area contributed by atoms with Gasteiger partial charge in [-0.2, -0.15) is 5.10 Å². The van der Waals surface area contributed by atoms with E-state index in [9.17, 15) is 9.59 Å². The van der Waals surface area contributed by atoms with Crippen LogP contribution in [-0.4, -0.2) is 58.3 Å². The fourth-order valence-corrected chi connectivity index (χ4v) is 3.88. The van der Waals surface area contributed by atoms with Crippen molar-refractivity contribution in [1.29, 1.82) is 0 Å². The van der Waals surface area contributed by atoms with Crippen molar-refractivity contribution in [2.24, 2.45) is 18.9 Å². The molecule has 0 aromatic carbocycles. The smallest absolute Gasteiger partial charge is 0.228 e. The van der Waals surface area contributed by atoms with Crippen molar-refractivity contribution < 1.29 is 14.3 Å². The van der Waals surface area contributed by atoms with Gasteiger partial charge in [0.15, 0.2) is 0 Å². The van der Waals surface area contributed by atoms with Gasteiger partial charge in [0.25, 0.3) is 0 Å². The quantitative estimate of drug-likeness (QED) is 0.814. The number of aryl methyl sites for hydroxylation is 1. The van der Waals surface area contributed by atoms with E-state index >= 15 is 0 Å². The van der Waals surface area contributed by atoms with E-state index in [-0.39, 0.29) is 24.0 Å². The first-order valence-corrected chi connectivity index (χ1v) is 9.25. The van der Waals surface area contributed by atoms with Gasteiger partial charge in [-0.1, -0.05) is 0 Å². The third kappa shape index (κ3) is 4.03. The molecule has 2 amide bonds. The van der Waals surface area contributed by atoms with Crippen molar-refractivity contribution >= 4 is 11.8 Å². The molecule has 1 aromatic rings. The van der Waals surface area contributed by atoms with Gasteiger partial charge in [-0.15, -0.1) is 0 Å². The van der Waals surface area contributed by atoms with Gasteiger partial charge in [-0.25, -0.2) is 0 Å². The van der Waals surface area contributed by atoms with E-state index in [1.165, 1.54) is 12.8 Å². The van der Waals surface area contributed by atoms with Gasteiger partial charge in [0.1, 0.15) is 0 Å². The zero-order valence-electron chi connectivity index (χ0n) is 14.7. The third-order valence-electron chi connectivity index (χ3n) is 5.47. The number of hydrogen-bond acceptors (Lipinski definition) is 4. The van der Waals surface area contributed by atoms with E-state index in [2.05, 4.69) is 10.4 Å². The maximum Gasteiger partial charge on any atom is 0.228 e. The summed E-state index contributed by atoms with van der Waals surface area (Å²) in [7, 11) is 1.85. The van der Waals surface area contributed by atoms with E-state index in [0.29, 0.717) is 31.2 Å². The van der Waals surface area contributed by atoms with Crippen molar-refractivity contribution in [2.45, 2.75) is 44.3 Å². The highest BCUT2D eigenvalue weighted by Gasteiger charge is 2.43. The molecule has 4 rings (SSSR count). The lowest BCUT2D eigenvalue weighted by atomic mass is 10.0. The predicted octanol–water partition coefficient (Wildman–Crippen LogP) is 0.495. The Balaban J connectivity index is 1.21. The van der Waals surface area contributed by atoms with Crippen LogP contribution in [-0.2, 0) is 27.8 Å². The second-order valence-electron chi connectivity index (χ2n) is 7.70. The Hall–Kier alpha value is -1.89. The summed E-state index contributed by atoms with van der Waals surface area (Å²) in [6.07, 6.45) is 6.07. The molecule has 1 aromatic heterocycles. The van der Waals surface area contributed by atoms with Crippen LogP contribution in [0.4, 0.5) is 0 Å². The number of rotatable bonds is 6. The molecule has 25 heavy (non-hydrogen) atoms. The molecule has 1 saturated carbocycles. The van der Waals surface area contributed by atoms with Gasteiger partial charge < -0.3 is 15.0 Å². The minimum Gasteiger partial charge on any atom is -0.372 e. The molecule has 2 aliphatic heterocycles. The molecule has 3 fully saturated rings. The van der Waals surface area contributed by atoms with Gasteiger partial charge in [-0.3, -0.25) is 14.3 Å². The predicted molar refractivity (Wildman–Crippen MR) is 90.6 cm³/mol. The SMILES string of the molecule is Cn1ccc(CC(=O)N2C[C@@H]3C[C@@H](CC(=O)NCC4CC4)O[C@@H]3C2)n1. The van der Waals surface area contributed by atoms with Crippen LogP contribution in [0.1, 0.15) is 31.4 Å². The zero-order chi connectivity index (χ0) is 17.4. The van der Waals surface area contributed by atoms with Crippen molar-refractivity contribution in [3.05, 3.63) is 18.0 Å². The number of nitrogens with zero attached hydrogens (tertiary/aromatic N) is 3. The molecule has 7 nitrogen and oxygen atoms in total. The Labute approximate surface area is 147 Å². The second-order valence-corrected chi connectivity index (χ2v) is 7.70. The molecule has 7 heteroatoms. The van der Waals surface area contributed by atoms with Crippen LogP contribution in [0.5, 0.6) is 0 Å². The number of amides is 2. The summed E-state index contributed by atoms with van der Waals surface area (Å²) in [6.45, 7) is 2.18. The molecule has 0 bridgehead atoms. The van der Waals surface area contributed by atoms with Crippen molar-refractivity contribution in [3.8, 4) is 0 Å². The van der Waals surface area contributed by atoms with Gasteiger partial charge >= 0.3 is 0 Å². The summed E-state index contributed by atoms with van der Waals surface area (Å²) in [5, 5.41) is 7.27. The molecule has 1 N–H and O–H groups in total. The fraction of sp³-hybridized carbons (Fsp3) is 0.722. The zero-order valence-corrected chi connectivity index (χ0v) is 14.7. The average molecular weight is 346 g/mol. The topological polar surface area (TPSA) is 76.5 Å². The van der Waals surface area contributed by atoms with Crippen molar-refractivity contribution in [1.82, 2.24) is 20.0 Å². The largest absolute Gasteiger partial charge is 0.372 e. The molecule has 3 atom stereocenters. The molecule has 136 valence electrons. The number of aromatic nitrogens is 2. The molecule has 0 unspecified atom stereocenters. The number of nitrogens with one attached hydrogen (secondary N) is 1. The Bertz CT molecular complexity index is 641. The number of carbonyl (C=O) groups excluding carboxylic acids is 2. The molecule has 2 saturated heterocycles. The van der Waals surface area contributed by atoms with Gasteiger partial charge in [-0.05, 0) is 31.2 Å². The minimum absolute atomic E-state index is 0.00208. The first kappa shape index (κ1) is 16.6. The Kier molecular flexibility index (Phi) is 4.50. The van der Waals surface area contributed by atoms with Crippen LogP contribution in [0, 0.1) is 11.8 Å². The van der Waals surface area contributed by atoms with Gasteiger partial charge in [0.05, 0.1) is 30.7 Å². The lowest BCUT2D eigenvalue weighted by molar-refractivity contribution is -0.131. The summed E-state index contributed by atoms with van der Waals surface area (Å²) < 4.78 is 7.75. The normalized spacial score (nSPS) is 28.2. The van der Waals surface area contributed by atoms with Gasteiger partial charge in [0, 0.05) is 38.8 Å². The molecule has 3 heterocycles. The highest BCUT2D eigenvalue weighted by molar-refractivity contribution is 5.79. The Morgan fingerprint density at radius 3 is 2.88 bits per heavy atom. The van der Waals surface area contributed by atoms with Crippen molar-refractivity contribution in [2.75, 3.05) is 19.6 Å². The van der Waals surface area contributed by atoms with Crippen LogP contribution in [0.15, 0.2) is 12.3 Å². The molecular formula is C18H26N4O3. The van der Waals surface area contributed by atoms with Crippen LogP contribution >= 0.6 is 0 Å². The first-order chi connectivity index (χ1) is 12.1. The standard InChI is InChI=1S/C18H26N4O3/c1-21-5-4-14(20-21)7-18(24)22-10-13-6-15(25-16(13)11-22)8-17(23)19-9-12-2-3-12/h4-5,12-13,15-16H,2-3,6-11H2,1H3,(H,19,23)/t13-,15-,16+/m0/s1. The van der Waals surface area contributed by atoms with E-state index in [4.69, 9.17) is 4.74 Å². The summed E-state index contributed by atoms with van der Waals surface area (Å²) >= 11 is 0. The summed E-state index contributed by atoms with van der Waals surface area (Å²) in [4.78, 5) is 26.3. The molecule has 3 aliphatic rings. The van der Waals surface area contributed by atoms with E-state index in [1.807, 2.05) is 24.2 Å². The van der Waals surface area contributed by atoms with E-state index < -0.39 is 0 Å². The molecule has 0 spiro atoms.